The molecular weight excluding hydrogens is 460 g/mol. The molecule has 1 aromatic carbocycles. The molecule has 3 rings (SSSR count). The monoisotopic (exact) mass is 478 g/mol. The smallest absolute Gasteiger partial charge is 0.344 e. The van der Waals surface area contributed by atoms with Gasteiger partial charge in [-0.1, -0.05) is 15.9 Å². The van der Waals surface area contributed by atoms with Gasteiger partial charge in [0.2, 0.25) is 0 Å². The van der Waals surface area contributed by atoms with Crippen molar-refractivity contribution in [2.75, 3.05) is 19.8 Å². The minimum Gasteiger partial charge on any atom is -0.482 e. The van der Waals surface area contributed by atoms with Gasteiger partial charge in [0.1, 0.15) is 24.2 Å². The van der Waals surface area contributed by atoms with E-state index in [0.29, 0.717) is 11.5 Å². The van der Waals surface area contributed by atoms with Crippen molar-refractivity contribution in [1.82, 2.24) is 10.6 Å². The minimum atomic E-state index is -0.875. The van der Waals surface area contributed by atoms with Gasteiger partial charge < -0.3 is 29.3 Å². The first kappa shape index (κ1) is 21.4. The van der Waals surface area contributed by atoms with Crippen LogP contribution in [0.3, 0.4) is 0 Å². The Morgan fingerprint density at radius 2 is 1.93 bits per heavy atom. The summed E-state index contributed by atoms with van der Waals surface area (Å²) >= 11 is 3.31. The van der Waals surface area contributed by atoms with Gasteiger partial charge in [-0.25, -0.2) is 14.4 Å². The number of carbonyl (C=O) groups is 3. The summed E-state index contributed by atoms with van der Waals surface area (Å²) in [6.07, 6.45) is 1.42. The number of hydrogen-bond donors (Lipinski definition) is 2. The molecule has 0 spiro atoms. The summed E-state index contributed by atoms with van der Waals surface area (Å²) in [4.78, 5) is 36.7. The lowest BCUT2D eigenvalue weighted by atomic mass is 10.0. The van der Waals surface area contributed by atoms with E-state index in [1.807, 2.05) is 0 Å². The van der Waals surface area contributed by atoms with Crippen LogP contribution in [0.5, 0.6) is 5.75 Å². The van der Waals surface area contributed by atoms with Crippen LogP contribution in [0.4, 0.5) is 4.79 Å². The van der Waals surface area contributed by atoms with Crippen molar-refractivity contribution in [3.8, 4) is 5.75 Å². The van der Waals surface area contributed by atoms with Gasteiger partial charge in [-0.2, -0.15) is 0 Å². The SMILES string of the molecule is CCOC(=O)C1=C(COC(=O)COc2ccc(Br)cc2)NC(=O)NC1c1ccco1. The first-order valence-electron chi connectivity index (χ1n) is 9.03. The number of urea groups is 1. The summed E-state index contributed by atoms with van der Waals surface area (Å²) in [6, 6.07) is 8.74. The molecule has 9 nitrogen and oxygen atoms in total. The van der Waals surface area contributed by atoms with Gasteiger partial charge in [0, 0.05) is 4.47 Å². The maximum absolute atomic E-state index is 12.5. The van der Waals surface area contributed by atoms with E-state index < -0.39 is 24.0 Å². The fraction of sp³-hybridized carbons (Fsp3) is 0.250. The molecular formula is C20H19BrN2O7. The van der Waals surface area contributed by atoms with Crippen molar-refractivity contribution in [3.63, 3.8) is 0 Å². The largest absolute Gasteiger partial charge is 0.482 e. The highest BCUT2D eigenvalue weighted by molar-refractivity contribution is 9.10. The first-order valence-corrected chi connectivity index (χ1v) is 9.82. The number of esters is 2. The van der Waals surface area contributed by atoms with Gasteiger partial charge in [0.15, 0.2) is 6.61 Å². The van der Waals surface area contributed by atoms with Crippen LogP contribution in [0.15, 0.2) is 62.8 Å². The van der Waals surface area contributed by atoms with Crippen molar-refractivity contribution in [1.29, 1.82) is 0 Å². The van der Waals surface area contributed by atoms with Crippen LogP contribution in [-0.4, -0.2) is 37.8 Å². The number of furan rings is 1. The molecule has 1 aromatic heterocycles. The van der Waals surface area contributed by atoms with Crippen molar-refractivity contribution in [2.24, 2.45) is 0 Å². The molecule has 0 saturated heterocycles. The van der Waals surface area contributed by atoms with Crippen molar-refractivity contribution in [3.05, 3.63) is 64.2 Å². The second-order valence-corrected chi connectivity index (χ2v) is 6.98. The molecule has 0 saturated carbocycles. The molecule has 1 atom stereocenters. The van der Waals surface area contributed by atoms with Crippen LogP contribution in [-0.2, 0) is 19.1 Å². The first-order chi connectivity index (χ1) is 14.5. The third kappa shape index (κ3) is 5.41. The third-order valence-electron chi connectivity index (χ3n) is 4.02. The molecule has 2 aromatic rings. The van der Waals surface area contributed by atoms with E-state index in [0.717, 1.165) is 4.47 Å². The zero-order valence-corrected chi connectivity index (χ0v) is 17.6. The van der Waals surface area contributed by atoms with Crippen LogP contribution >= 0.6 is 15.9 Å². The highest BCUT2D eigenvalue weighted by Gasteiger charge is 2.35. The van der Waals surface area contributed by atoms with E-state index in [9.17, 15) is 14.4 Å². The fourth-order valence-electron chi connectivity index (χ4n) is 2.72. The number of nitrogens with one attached hydrogen (secondary N) is 2. The number of carbonyl (C=O) groups excluding carboxylic acids is 3. The minimum absolute atomic E-state index is 0.0908. The van der Waals surface area contributed by atoms with E-state index in [1.54, 1.807) is 43.3 Å². The van der Waals surface area contributed by atoms with Crippen molar-refractivity contribution in [2.45, 2.75) is 13.0 Å². The van der Waals surface area contributed by atoms with Gasteiger partial charge in [0.05, 0.1) is 24.1 Å². The predicted octanol–water partition coefficient (Wildman–Crippen LogP) is 2.84. The van der Waals surface area contributed by atoms with E-state index in [2.05, 4.69) is 26.6 Å². The fourth-order valence-corrected chi connectivity index (χ4v) is 2.98. The average Bonchev–Trinajstić information content (AvgIpc) is 3.26. The zero-order chi connectivity index (χ0) is 21.5. The molecule has 2 amide bonds. The number of benzene rings is 1. The van der Waals surface area contributed by atoms with Gasteiger partial charge in [-0.05, 0) is 43.3 Å². The molecule has 30 heavy (non-hydrogen) atoms. The molecule has 1 aliphatic rings. The Kier molecular flexibility index (Phi) is 7.12. The molecule has 10 heteroatoms. The lowest BCUT2D eigenvalue weighted by molar-refractivity contribution is -0.145. The summed E-state index contributed by atoms with van der Waals surface area (Å²) < 4.78 is 21.9. The Hall–Kier alpha value is -3.27. The maximum atomic E-state index is 12.5. The van der Waals surface area contributed by atoms with Crippen molar-refractivity contribution < 1.29 is 33.0 Å². The Morgan fingerprint density at radius 3 is 2.60 bits per heavy atom. The number of halogens is 1. The normalized spacial score (nSPS) is 15.8. The topological polar surface area (TPSA) is 116 Å². The highest BCUT2D eigenvalue weighted by Crippen LogP contribution is 2.28. The Labute approximate surface area is 180 Å². The van der Waals surface area contributed by atoms with Gasteiger partial charge >= 0.3 is 18.0 Å². The van der Waals surface area contributed by atoms with E-state index in [1.165, 1.54) is 6.26 Å². The van der Waals surface area contributed by atoms with E-state index in [4.69, 9.17) is 18.6 Å². The third-order valence-corrected chi connectivity index (χ3v) is 4.55. The van der Waals surface area contributed by atoms with Crippen LogP contribution in [0.2, 0.25) is 0 Å². The lowest BCUT2D eigenvalue weighted by Gasteiger charge is -2.27. The number of ether oxygens (including phenoxy) is 3. The quantitative estimate of drug-likeness (QED) is 0.560. The molecule has 158 valence electrons. The second-order valence-electron chi connectivity index (χ2n) is 6.06. The molecule has 0 bridgehead atoms. The Bertz CT molecular complexity index is 939. The lowest BCUT2D eigenvalue weighted by Crippen LogP contribution is -2.47. The molecule has 0 radical (unpaired) electrons. The molecule has 1 unspecified atom stereocenters. The van der Waals surface area contributed by atoms with Crippen LogP contribution in [0.25, 0.3) is 0 Å². The summed E-state index contributed by atoms with van der Waals surface area (Å²) in [5, 5.41) is 5.10. The maximum Gasteiger partial charge on any atom is 0.344 e. The predicted molar refractivity (Wildman–Crippen MR) is 107 cm³/mol. The van der Waals surface area contributed by atoms with Crippen LogP contribution in [0, 0.1) is 0 Å². The molecule has 0 fully saturated rings. The molecule has 2 heterocycles. The summed E-state index contributed by atoms with van der Waals surface area (Å²) in [5.74, 6) is -0.496. The van der Waals surface area contributed by atoms with Gasteiger partial charge in [0.25, 0.3) is 0 Å². The van der Waals surface area contributed by atoms with Crippen LogP contribution in [0.1, 0.15) is 18.7 Å². The Balaban J connectivity index is 1.71. The summed E-state index contributed by atoms with van der Waals surface area (Å²) in [6.45, 7) is 1.11. The van der Waals surface area contributed by atoms with E-state index >= 15 is 0 Å². The van der Waals surface area contributed by atoms with Gasteiger partial charge in [-0.15, -0.1) is 0 Å². The van der Waals surface area contributed by atoms with E-state index in [-0.39, 0.29) is 31.1 Å². The average molecular weight is 479 g/mol. The molecule has 1 aliphatic heterocycles. The number of hydrogen-bond acceptors (Lipinski definition) is 7. The van der Waals surface area contributed by atoms with Crippen LogP contribution < -0.4 is 15.4 Å². The zero-order valence-electron chi connectivity index (χ0n) is 16.0. The summed E-state index contributed by atoms with van der Waals surface area (Å²) in [7, 11) is 0. The van der Waals surface area contributed by atoms with Gasteiger partial charge in [-0.3, -0.25) is 0 Å². The molecule has 2 N–H and O–H groups in total. The van der Waals surface area contributed by atoms with Crippen molar-refractivity contribution >= 4 is 33.9 Å². The summed E-state index contributed by atoms with van der Waals surface area (Å²) in [5.41, 5.74) is 0.198. The molecule has 0 aliphatic carbocycles. The Morgan fingerprint density at radius 1 is 1.17 bits per heavy atom. The second kappa shape index (κ2) is 9.97. The number of rotatable bonds is 8. The highest BCUT2D eigenvalue weighted by atomic mass is 79.9. The standard InChI is InChI=1S/C20H19BrN2O7/c1-2-27-19(25)17-14(22-20(26)23-18(17)15-4-3-9-28-15)10-30-16(24)11-29-13-7-5-12(21)6-8-13/h3-9,18H,2,10-11H2,1H3,(H2,22,23,26). The number of amides is 2.